The largest absolute Gasteiger partial charge is 0.347 e. The van der Waals surface area contributed by atoms with Gasteiger partial charge in [0.1, 0.15) is 0 Å². The number of aromatic nitrogens is 1. The molecule has 2 bridgehead atoms. The van der Waals surface area contributed by atoms with E-state index in [2.05, 4.69) is 17.3 Å². The maximum Gasteiger partial charge on any atom is 0.254 e. The van der Waals surface area contributed by atoms with Gasteiger partial charge in [0.2, 0.25) is 0 Å². The summed E-state index contributed by atoms with van der Waals surface area (Å²) >= 11 is 0. The number of allylic oxidation sites excluding steroid dienone is 2. The number of amides is 2. The molecule has 0 radical (unpaired) electrons. The fourth-order valence-corrected chi connectivity index (χ4v) is 3.95. The minimum Gasteiger partial charge on any atom is -0.347 e. The summed E-state index contributed by atoms with van der Waals surface area (Å²) in [6.07, 6.45) is 8.69. The summed E-state index contributed by atoms with van der Waals surface area (Å²) in [4.78, 5) is 24.9. The van der Waals surface area contributed by atoms with Gasteiger partial charge < -0.3 is 4.57 Å². The molecular formula is C16H17N3O2. The molecule has 2 amide bonds. The van der Waals surface area contributed by atoms with E-state index in [9.17, 15) is 9.59 Å². The van der Waals surface area contributed by atoms with Crippen molar-refractivity contribution in [2.75, 3.05) is 0 Å². The number of hydrogen-bond donors (Lipinski definition) is 0. The van der Waals surface area contributed by atoms with Crippen LogP contribution in [0.25, 0.3) is 0 Å². The molecule has 2 aliphatic carbocycles. The van der Waals surface area contributed by atoms with Crippen LogP contribution < -0.4 is 0 Å². The van der Waals surface area contributed by atoms with Crippen molar-refractivity contribution in [3.63, 3.8) is 0 Å². The van der Waals surface area contributed by atoms with Crippen molar-refractivity contribution in [2.45, 2.75) is 19.9 Å². The monoisotopic (exact) mass is 283 g/mol. The highest BCUT2D eigenvalue weighted by Crippen LogP contribution is 2.52. The third-order valence-electron chi connectivity index (χ3n) is 4.96. The minimum atomic E-state index is -0.178. The van der Waals surface area contributed by atoms with Crippen LogP contribution in [0.3, 0.4) is 0 Å². The van der Waals surface area contributed by atoms with Crippen LogP contribution in [-0.2, 0) is 16.1 Å². The summed E-state index contributed by atoms with van der Waals surface area (Å²) in [6, 6.07) is 3.85. The van der Waals surface area contributed by atoms with Gasteiger partial charge in [0.15, 0.2) is 0 Å². The second kappa shape index (κ2) is 4.41. The van der Waals surface area contributed by atoms with Gasteiger partial charge in [0.25, 0.3) is 11.8 Å². The number of carbonyl (C=O) groups is 2. The molecule has 1 aromatic heterocycles. The average molecular weight is 283 g/mol. The molecule has 3 aliphatic rings. The lowest BCUT2D eigenvalue weighted by atomic mass is 9.85. The van der Waals surface area contributed by atoms with Crippen molar-refractivity contribution < 1.29 is 9.59 Å². The number of imide groups is 1. The molecule has 0 aromatic carbocycles. The van der Waals surface area contributed by atoms with E-state index in [0.29, 0.717) is 0 Å². The Balaban J connectivity index is 1.60. The molecule has 5 heteroatoms. The Morgan fingerprint density at radius 2 is 1.90 bits per heavy atom. The first-order chi connectivity index (χ1) is 10.2. The third-order valence-corrected chi connectivity index (χ3v) is 4.96. The number of rotatable bonds is 3. The number of aryl methyl sites for hydroxylation is 1. The summed E-state index contributed by atoms with van der Waals surface area (Å²) in [5, 5.41) is 5.27. The molecule has 2 heterocycles. The summed E-state index contributed by atoms with van der Waals surface area (Å²) in [5.74, 6) is -0.155. The number of nitrogens with zero attached hydrogens (tertiary/aromatic N) is 3. The Morgan fingerprint density at radius 1 is 1.24 bits per heavy atom. The van der Waals surface area contributed by atoms with Crippen molar-refractivity contribution in [2.24, 2.45) is 28.8 Å². The maximum atomic E-state index is 12.5. The highest BCUT2D eigenvalue weighted by molar-refractivity contribution is 6.06. The van der Waals surface area contributed by atoms with Gasteiger partial charge in [-0.1, -0.05) is 12.2 Å². The van der Waals surface area contributed by atoms with E-state index in [0.717, 1.165) is 23.7 Å². The van der Waals surface area contributed by atoms with Crippen molar-refractivity contribution in [1.29, 1.82) is 0 Å². The van der Waals surface area contributed by atoms with Gasteiger partial charge in [0.05, 0.1) is 23.7 Å². The zero-order valence-electron chi connectivity index (χ0n) is 11.8. The van der Waals surface area contributed by atoms with Gasteiger partial charge in [-0.25, -0.2) is 0 Å². The first-order valence-corrected chi connectivity index (χ1v) is 7.46. The molecule has 5 nitrogen and oxygen atoms in total. The SMILES string of the molecule is CCn1cccc1C=NN1C(=O)[C@@H]2[C@H](C1=O)[C@H]1C=C[C@H]2C1. The smallest absolute Gasteiger partial charge is 0.254 e. The van der Waals surface area contributed by atoms with E-state index in [1.165, 1.54) is 0 Å². The molecular weight excluding hydrogens is 266 g/mol. The Hall–Kier alpha value is -2.17. The normalized spacial score (nSPS) is 33.7. The fourth-order valence-electron chi connectivity index (χ4n) is 3.95. The Kier molecular flexibility index (Phi) is 2.64. The molecule has 1 saturated heterocycles. The van der Waals surface area contributed by atoms with Crippen LogP contribution >= 0.6 is 0 Å². The van der Waals surface area contributed by atoms with E-state index in [4.69, 9.17) is 0 Å². The standard InChI is InChI=1S/C16H17N3O2/c1-2-18-7-3-4-12(18)9-17-19-15(20)13-10-5-6-11(8-10)14(13)16(19)21/h3-7,9-11,13-14H,2,8H2,1H3/t10-,11-,13-,14+/m0/s1. The van der Waals surface area contributed by atoms with Gasteiger partial charge in [-0.3, -0.25) is 9.59 Å². The van der Waals surface area contributed by atoms with E-state index < -0.39 is 0 Å². The van der Waals surface area contributed by atoms with Crippen molar-refractivity contribution in [3.05, 3.63) is 36.2 Å². The zero-order chi connectivity index (χ0) is 14.6. The Bertz CT molecular complexity index is 643. The van der Waals surface area contributed by atoms with E-state index in [-0.39, 0.29) is 35.5 Å². The lowest BCUT2D eigenvalue weighted by Crippen LogP contribution is -2.28. The van der Waals surface area contributed by atoms with Gasteiger partial charge in [-0.05, 0) is 37.3 Å². The highest BCUT2D eigenvalue weighted by Gasteiger charge is 2.59. The van der Waals surface area contributed by atoms with E-state index >= 15 is 0 Å². The minimum absolute atomic E-state index is 0.132. The van der Waals surface area contributed by atoms with Gasteiger partial charge in [-0.15, -0.1) is 0 Å². The highest BCUT2D eigenvalue weighted by atomic mass is 16.2. The van der Waals surface area contributed by atoms with Crippen LogP contribution in [0.15, 0.2) is 35.6 Å². The topological polar surface area (TPSA) is 54.7 Å². The second-order valence-corrected chi connectivity index (χ2v) is 5.95. The number of hydrazone groups is 1. The van der Waals surface area contributed by atoms with E-state index in [1.54, 1.807) is 6.21 Å². The van der Waals surface area contributed by atoms with Crippen molar-refractivity contribution >= 4 is 18.0 Å². The zero-order valence-corrected chi connectivity index (χ0v) is 11.8. The first kappa shape index (κ1) is 12.6. The second-order valence-electron chi connectivity index (χ2n) is 5.95. The van der Waals surface area contributed by atoms with Crippen LogP contribution in [0.1, 0.15) is 19.0 Å². The molecule has 4 atom stereocenters. The van der Waals surface area contributed by atoms with Crippen molar-refractivity contribution in [3.8, 4) is 0 Å². The number of fused-ring (bicyclic) bond motifs is 5. The van der Waals surface area contributed by atoms with Gasteiger partial charge in [-0.2, -0.15) is 10.1 Å². The maximum absolute atomic E-state index is 12.5. The molecule has 1 saturated carbocycles. The molecule has 1 aliphatic heterocycles. The van der Waals surface area contributed by atoms with Crippen LogP contribution in [-0.4, -0.2) is 27.6 Å². The Morgan fingerprint density at radius 3 is 2.52 bits per heavy atom. The average Bonchev–Trinajstić information content (AvgIpc) is 3.23. The lowest BCUT2D eigenvalue weighted by molar-refractivity contribution is -0.140. The first-order valence-electron chi connectivity index (χ1n) is 7.46. The predicted octanol–water partition coefficient (Wildman–Crippen LogP) is 1.65. The van der Waals surface area contributed by atoms with Gasteiger partial charge >= 0.3 is 0 Å². The molecule has 0 unspecified atom stereocenters. The van der Waals surface area contributed by atoms with Crippen LogP contribution in [0.5, 0.6) is 0 Å². The molecule has 108 valence electrons. The molecule has 2 fully saturated rings. The Labute approximate surface area is 122 Å². The fraction of sp³-hybridized carbons (Fsp3) is 0.438. The number of hydrogen-bond acceptors (Lipinski definition) is 3. The van der Waals surface area contributed by atoms with Crippen molar-refractivity contribution in [1.82, 2.24) is 9.58 Å². The van der Waals surface area contributed by atoms with Crippen LogP contribution in [0.2, 0.25) is 0 Å². The molecule has 1 aromatic rings. The summed E-state index contributed by atoms with van der Waals surface area (Å²) < 4.78 is 2.01. The van der Waals surface area contributed by atoms with Crippen LogP contribution in [0.4, 0.5) is 0 Å². The van der Waals surface area contributed by atoms with E-state index in [1.807, 2.05) is 29.8 Å². The molecule has 21 heavy (non-hydrogen) atoms. The number of carbonyl (C=O) groups excluding carboxylic acids is 2. The predicted molar refractivity (Wildman–Crippen MR) is 77.3 cm³/mol. The lowest BCUT2D eigenvalue weighted by Gasteiger charge is -2.13. The summed E-state index contributed by atoms with van der Waals surface area (Å²) in [5.41, 5.74) is 0.899. The quantitative estimate of drug-likeness (QED) is 0.481. The van der Waals surface area contributed by atoms with Crippen LogP contribution in [0, 0.1) is 23.7 Å². The summed E-state index contributed by atoms with van der Waals surface area (Å²) in [6.45, 7) is 2.87. The molecule has 0 spiro atoms. The molecule has 0 N–H and O–H groups in total. The molecule has 4 rings (SSSR count). The summed E-state index contributed by atoms with van der Waals surface area (Å²) in [7, 11) is 0. The third kappa shape index (κ3) is 1.66. The van der Waals surface area contributed by atoms with Gasteiger partial charge in [0, 0.05) is 12.7 Å².